The average Bonchev–Trinajstić information content (AvgIpc) is 2.26. The minimum absolute atomic E-state index is 0.0653. The van der Waals surface area contributed by atoms with Crippen LogP contribution in [0.2, 0.25) is 0 Å². The SMILES string of the molecule is C=C[C@H](CC(=O)O)c1ccc(OC)cc1. The Morgan fingerprint density at radius 2 is 2.13 bits per heavy atom. The van der Waals surface area contributed by atoms with E-state index in [2.05, 4.69) is 6.58 Å². The van der Waals surface area contributed by atoms with E-state index in [-0.39, 0.29) is 12.3 Å². The molecule has 0 bridgehead atoms. The highest BCUT2D eigenvalue weighted by Gasteiger charge is 2.11. The van der Waals surface area contributed by atoms with Gasteiger partial charge >= 0.3 is 5.97 Å². The minimum atomic E-state index is -0.823. The van der Waals surface area contributed by atoms with E-state index >= 15 is 0 Å². The van der Waals surface area contributed by atoms with Crippen LogP contribution in [0, 0.1) is 0 Å². The molecule has 0 radical (unpaired) electrons. The molecule has 0 aromatic heterocycles. The fourth-order valence-corrected chi connectivity index (χ4v) is 1.38. The topological polar surface area (TPSA) is 46.5 Å². The van der Waals surface area contributed by atoms with Crippen LogP contribution in [0.15, 0.2) is 36.9 Å². The molecular weight excluding hydrogens is 192 g/mol. The Balaban J connectivity index is 2.82. The predicted molar refractivity (Wildman–Crippen MR) is 58.2 cm³/mol. The Labute approximate surface area is 89.0 Å². The van der Waals surface area contributed by atoms with E-state index in [4.69, 9.17) is 9.84 Å². The van der Waals surface area contributed by atoms with E-state index in [1.165, 1.54) is 0 Å². The molecule has 0 aliphatic heterocycles. The van der Waals surface area contributed by atoms with Gasteiger partial charge in [0.15, 0.2) is 0 Å². The van der Waals surface area contributed by atoms with Crippen molar-refractivity contribution in [2.24, 2.45) is 0 Å². The van der Waals surface area contributed by atoms with Crippen molar-refractivity contribution in [2.45, 2.75) is 12.3 Å². The largest absolute Gasteiger partial charge is 0.497 e. The molecule has 1 atom stereocenters. The second kappa shape index (κ2) is 5.20. The molecule has 0 unspecified atom stereocenters. The number of carboxylic acids is 1. The molecule has 3 heteroatoms. The number of allylic oxidation sites excluding steroid dienone is 1. The summed E-state index contributed by atoms with van der Waals surface area (Å²) in [7, 11) is 1.59. The van der Waals surface area contributed by atoms with Gasteiger partial charge in [-0.3, -0.25) is 4.79 Å². The highest BCUT2D eigenvalue weighted by molar-refractivity contribution is 5.68. The van der Waals surface area contributed by atoms with Crippen molar-refractivity contribution in [3.63, 3.8) is 0 Å². The van der Waals surface area contributed by atoms with Gasteiger partial charge in [0.1, 0.15) is 5.75 Å². The van der Waals surface area contributed by atoms with E-state index < -0.39 is 5.97 Å². The number of methoxy groups -OCH3 is 1. The summed E-state index contributed by atoms with van der Waals surface area (Å²) in [6.45, 7) is 3.64. The van der Waals surface area contributed by atoms with E-state index in [1.54, 1.807) is 13.2 Å². The van der Waals surface area contributed by atoms with Gasteiger partial charge in [0.05, 0.1) is 13.5 Å². The van der Waals surface area contributed by atoms with Crippen LogP contribution in [0.4, 0.5) is 0 Å². The van der Waals surface area contributed by atoms with Gasteiger partial charge in [-0.1, -0.05) is 18.2 Å². The summed E-state index contributed by atoms with van der Waals surface area (Å²) in [5.74, 6) is -0.207. The van der Waals surface area contributed by atoms with Crippen LogP contribution in [-0.2, 0) is 4.79 Å². The third kappa shape index (κ3) is 3.13. The first-order valence-corrected chi connectivity index (χ1v) is 4.65. The summed E-state index contributed by atoms with van der Waals surface area (Å²) < 4.78 is 5.02. The van der Waals surface area contributed by atoms with Crippen LogP contribution in [0.1, 0.15) is 17.9 Å². The molecule has 3 nitrogen and oxygen atoms in total. The first kappa shape index (κ1) is 11.3. The normalized spacial score (nSPS) is 11.8. The van der Waals surface area contributed by atoms with Gasteiger partial charge in [0.25, 0.3) is 0 Å². The molecule has 0 spiro atoms. The van der Waals surface area contributed by atoms with E-state index in [0.29, 0.717) is 0 Å². The third-order valence-electron chi connectivity index (χ3n) is 2.22. The van der Waals surface area contributed by atoms with Crippen LogP contribution >= 0.6 is 0 Å². The Morgan fingerprint density at radius 3 is 2.53 bits per heavy atom. The second-order valence-electron chi connectivity index (χ2n) is 3.21. The number of aliphatic carboxylic acids is 1. The Hall–Kier alpha value is -1.77. The molecule has 1 N–H and O–H groups in total. The Morgan fingerprint density at radius 1 is 1.53 bits per heavy atom. The van der Waals surface area contributed by atoms with Crippen molar-refractivity contribution < 1.29 is 14.6 Å². The third-order valence-corrected chi connectivity index (χ3v) is 2.22. The predicted octanol–water partition coefficient (Wildman–Crippen LogP) is 2.44. The fraction of sp³-hybridized carbons (Fsp3) is 0.250. The maximum atomic E-state index is 10.6. The van der Waals surface area contributed by atoms with Crippen molar-refractivity contribution in [3.8, 4) is 5.75 Å². The number of ether oxygens (including phenoxy) is 1. The van der Waals surface area contributed by atoms with Crippen LogP contribution in [0.3, 0.4) is 0 Å². The maximum Gasteiger partial charge on any atom is 0.304 e. The lowest BCUT2D eigenvalue weighted by Gasteiger charge is -2.10. The van der Waals surface area contributed by atoms with Gasteiger partial charge in [-0.2, -0.15) is 0 Å². The Kier molecular flexibility index (Phi) is 3.92. The van der Waals surface area contributed by atoms with E-state index in [1.807, 2.05) is 24.3 Å². The van der Waals surface area contributed by atoms with Gasteiger partial charge in [0, 0.05) is 5.92 Å². The zero-order valence-corrected chi connectivity index (χ0v) is 8.64. The van der Waals surface area contributed by atoms with Crippen LogP contribution in [0.25, 0.3) is 0 Å². The fourth-order valence-electron chi connectivity index (χ4n) is 1.38. The zero-order valence-electron chi connectivity index (χ0n) is 8.64. The van der Waals surface area contributed by atoms with Gasteiger partial charge in [-0.25, -0.2) is 0 Å². The quantitative estimate of drug-likeness (QED) is 0.752. The number of rotatable bonds is 5. The van der Waals surface area contributed by atoms with Gasteiger partial charge in [-0.05, 0) is 17.7 Å². The lowest BCUT2D eigenvalue weighted by molar-refractivity contribution is -0.137. The van der Waals surface area contributed by atoms with Crippen LogP contribution in [0.5, 0.6) is 5.75 Å². The van der Waals surface area contributed by atoms with Crippen molar-refractivity contribution in [2.75, 3.05) is 7.11 Å². The molecule has 1 rings (SSSR count). The van der Waals surface area contributed by atoms with Crippen molar-refractivity contribution in [1.82, 2.24) is 0 Å². The average molecular weight is 206 g/mol. The maximum absolute atomic E-state index is 10.6. The standard InChI is InChI=1S/C12H14O3/c1-3-9(8-12(13)14)10-4-6-11(15-2)7-5-10/h3-7,9H,1,8H2,2H3,(H,13,14)/t9-/m1/s1. The molecule has 1 aromatic carbocycles. The number of hydrogen-bond acceptors (Lipinski definition) is 2. The lowest BCUT2D eigenvalue weighted by atomic mass is 9.96. The number of benzene rings is 1. The monoisotopic (exact) mass is 206 g/mol. The minimum Gasteiger partial charge on any atom is -0.497 e. The molecule has 1 aromatic rings. The van der Waals surface area contributed by atoms with Gasteiger partial charge < -0.3 is 9.84 Å². The zero-order chi connectivity index (χ0) is 11.3. The van der Waals surface area contributed by atoms with Crippen LogP contribution < -0.4 is 4.74 Å². The van der Waals surface area contributed by atoms with Gasteiger partial charge in [-0.15, -0.1) is 6.58 Å². The number of hydrogen-bond donors (Lipinski definition) is 1. The molecule has 0 saturated heterocycles. The molecule has 0 heterocycles. The molecule has 0 fully saturated rings. The van der Waals surface area contributed by atoms with Crippen LogP contribution in [-0.4, -0.2) is 18.2 Å². The molecule has 0 amide bonds. The molecule has 15 heavy (non-hydrogen) atoms. The van der Waals surface area contributed by atoms with Gasteiger partial charge in [0.2, 0.25) is 0 Å². The van der Waals surface area contributed by atoms with Crippen molar-refractivity contribution in [3.05, 3.63) is 42.5 Å². The first-order chi connectivity index (χ1) is 7.17. The van der Waals surface area contributed by atoms with E-state index in [9.17, 15) is 4.79 Å². The van der Waals surface area contributed by atoms with Crippen molar-refractivity contribution >= 4 is 5.97 Å². The summed E-state index contributed by atoms with van der Waals surface area (Å²) in [6, 6.07) is 7.34. The summed E-state index contributed by atoms with van der Waals surface area (Å²) in [4.78, 5) is 10.6. The molecule has 80 valence electrons. The Bertz CT molecular complexity index is 340. The summed E-state index contributed by atoms with van der Waals surface area (Å²) in [5.41, 5.74) is 0.938. The first-order valence-electron chi connectivity index (χ1n) is 4.65. The lowest BCUT2D eigenvalue weighted by Crippen LogP contribution is -2.03. The smallest absolute Gasteiger partial charge is 0.304 e. The highest BCUT2D eigenvalue weighted by Crippen LogP contribution is 2.23. The summed E-state index contributed by atoms with van der Waals surface area (Å²) in [6.07, 6.45) is 1.71. The highest BCUT2D eigenvalue weighted by atomic mass is 16.5. The number of carbonyl (C=O) groups is 1. The van der Waals surface area contributed by atoms with Crippen molar-refractivity contribution in [1.29, 1.82) is 0 Å². The summed E-state index contributed by atoms with van der Waals surface area (Å²) >= 11 is 0. The molecule has 0 aliphatic carbocycles. The molecular formula is C12H14O3. The summed E-state index contributed by atoms with van der Waals surface area (Å²) in [5, 5.41) is 8.70. The van der Waals surface area contributed by atoms with E-state index in [0.717, 1.165) is 11.3 Å². The molecule has 0 aliphatic rings. The molecule has 0 saturated carbocycles. The second-order valence-corrected chi connectivity index (χ2v) is 3.21. The number of carboxylic acid groups (broad SMARTS) is 1.